The fourth-order valence-corrected chi connectivity index (χ4v) is 1.73. The van der Waals surface area contributed by atoms with E-state index >= 15 is 0 Å². The molecule has 0 saturated heterocycles. The molecule has 2 N–H and O–H groups in total. The van der Waals surface area contributed by atoms with Gasteiger partial charge in [-0.25, -0.2) is 9.78 Å². The number of hydrogen-bond donors (Lipinski definition) is 1. The topological polar surface area (TPSA) is 83.7 Å². The number of carbonyl (C=O) groups is 1. The third-order valence-electron chi connectivity index (χ3n) is 2.69. The van der Waals surface area contributed by atoms with E-state index in [1.165, 1.54) is 19.4 Å². The minimum absolute atomic E-state index is 0.131. The normalized spacial score (nSPS) is 10.0. The average Bonchev–Trinajstić information content (AvgIpc) is 2.49. The van der Waals surface area contributed by atoms with Gasteiger partial charge in [0.05, 0.1) is 19.3 Å². The van der Waals surface area contributed by atoms with Gasteiger partial charge in [-0.1, -0.05) is 6.07 Å². The first-order valence-electron chi connectivity index (χ1n) is 6.39. The summed E-state index contributed by atoms with van der Waals surface area (Å²) in [6, 6.07) is 8.55. The number of esters is 1. The van der Waals surface area contributed by atoms with Crippen LogP contribution >= 0.6 is 0 Å². The Hall–Kier alpha value is -2.76. The number of methoxy groups -OCH3 is 1. The maximum absolute atomic E-state index is 11.6. The first-order chi connectivity index (χ1) is 10.2. The highest BCUT2D eigenvalue weighted by Crippen LogP contribution is 2.29. The van der Waals surface area contributed by atoms with Gasteiger partial charge in [-0.15, -0.1) is 0 Å². The largest absolute Gasteiger partial charge is 0.494 e. The third kappa shape index (κ3) is 3.42. The van der Waals surface area contributed by atoms with Gasteiger partial charge in [-0.3, -0.25) is 0 Å². The average molecular weight is 288 g/mol. The summed E-state index contributed by atoms with van der Waals surface area (Å²) in [5.41, 5.74) is 6.23. The van der Waals surface area contributed by atoms with Gasteiger partial charge in [0.1, 0.15) is 17.2 Å². The smallest absolute Gasteiger partial charge is 0.340 e. The molecule has 0 fully saturated rings. The first-order valence-corrected chi connectivity index (χ1v) is 6.39. The molecule has 110 valence electrons. The summed E-state index contributed by atoms with van der Waals surface area (Å²) in [5.74, 6) is 0.800. The van der Waals surface area contributed by atoms with E-state index in [1.807, 2.05) is 13.0 Å². The second-order valence-corrected chi connectivity index (χ2v) is 4.08. The van der Waals surface area contributed by atoms with Crippen LogP contribution in [-0.2, 0) is 4.74 Å². The molecule has 0 bridgehead atoms. The van der Waals surface area contributed by atoms with Crippen molar-refractivity contribution in [3.63, 3.8) is 0 Å². The van der Waals surface area contributed by atoms with Crippen LogP contribution in [0.2, 0.25) is 0 Å². The number of aromatic nitrogens is 1. The van der Waals surface area contributed by atoms with Gasteiger partial charge >= 0.3 is 5.97 Å². The third-order valence-corrected chi connectivity index (χ3v) is 2.69. The van der Waals surface area contributed by atoms with Crippen molar-refractivity contribution in [3.05, 3.63) is 42.1 Å². The van der Waals surface area contributed by atoms with Crippen LogP contribution < -0.4 is 15.2 Å². The molecule has 2 rings (SSSR count). The molecule has 0 aliphatic carbocycles. The minimum atomic E-state index is -0.539. The molecule has 0 saturated carbocycles. The van der Waals surface area contributed by atoms with Crippen LogP contribution in [0, 0.1) is 0 Å². The van der Waals surface area contributed by atoms with Crippen LogP contribution in [0.1, 0.15) is 17.3 Å². The Balaban J connectivity index is 2.27. The fraction of sp³-hybridized carbons (Fsp3) is 0.200. The van der Waals surface area contributed by atoms with Crippen LogP contribution in [0.3, 0.4) is 0 Å². The number of rotatable bonds is 5. The Morgan fingerprint density at radius 1 is 1.29 bits per heavy atom. The number of nitrogen functional groups attached to an aromatic ring is 1. The summed E-state index contributed by atoms with van der Waals surface area (Å²) >= 11 is 0. The van der Waals surface area contributed by atoms with E-state index in [9.17, 15) is 4.79 Å². The van der Waals surface area contributed by atoms with Crippen LogP contribution in [0.15, 0.2) is 36.5 Å². The molecule has 0 aliphatic rings. The second kappa shape index (κ2) is 6.60. The SMILES string of the molecule is CCOc1cccc(Oc2nccc(C(=O)OC)c2N)c1. The Labute approximate surface area is 122 Å². The Bertz CT molecular complexity index is 643. The number of ether oxygens (including phenoxy) is 3. The second-order valence-electron chi connectivity index (χ2n) is 4.08. The lowest BCUT2D eigenvalue weighted by Crippen LogP contribution is -2.07. The monoisotopic (exact) mass is 288 g/mol. The molecule has 6 nitrogen and oxygen atoms in total. The van der Waals surface area contributed by atoms with Crippen molar-refractivity contribution in [1.29, 1.82) is 0 Å². The maximum atomic E-state index is 11.6. The van der Waals surface area contributed by atoms with Gasteiger partial charge in [0.2, 0.25) is 5.88 Å². The van der Waals surface area contributed by atoms with Crippen LogP contribution in [-0.4, -0.2) is 24.7 Å². The number of nitrogens with two attached hydrogens (primary N) is 1. The number of hydrogen-bond acceptors (Lipinski definition) is 6. The number of anilines is 1. The van der Waals surface area contributed by atoms with Crippen LogP contribution in [0.4, 0.5) is 5.69 Å². The number of pyridine rings is 1. The molecular formula is C15H16N2O4. The Morgan fingerprint density at radius 2 is 2.05 bits per heavy atom. The number of nitrogens with zero attached hydrogens (tertiary/aromatic N) is 1. The van der Waals surface area contributed by atoms with E-state index in [4.69, 9.17) is 15.2 Å². The van der Waals surface area contributed by atoms with Crippen molar-refractivity contribution in [2.75, 3.05) is 19.5 Å². The zero-order valence-electron chi connectivity index (χ0n) is 11.8. The number of benzene rings is 1. The van der Waals surface area contributed by atoms with E-state index in [-0.39, 0.29) is 17.1 Å². The van der Waals surface area contributed by atoms with Crippen molar-refractivity contribution in [3.8, 4) is 17.4 Å². The van der Waals surface area contributed by atoms with Crippen molar-refractivity contribution in [1.82, 2.24) is 4.98 Å². The van der Waals surface area contributed by atoms with Gasteiger partial charge in [-0.05, 0) is 25.1 Å². The fourth-order valence-electron chi connectivity index (χ4n) is 1.73. The van der Waals surface area contributed by atoms with E-state index < -0.39 is 5.97 Å². The van der Waals surface area contributed by atoms with Gasteiger partial charge in [0, 0.05) is 12.3 Å². The lowest BCUT2D eigenvalue weighted by Gasteiger charge is -2.11. The standard InChI is InChI=1S/C15H16N2O4/c1-3-20-10-5-4-6-11(9-10)21-14-13(16)12(7-8-17-14)15(18)19-2/h4-9H,3,16H2,1-2H3. The number of carbonyl (C=O) groups excluding carboxylic acids is 1. The van der Waals surface area contributed by atoms with Gasteiger partial charge in [-0.2, -0.15) is 0 Å². The molecule has 0 amide bonds. The maximum Gasteiger partial charge on any atom is 0.340 e. The highest BCUT2D eigenvalue weighted by atomic mass is 16.5. The van der Waals surface area contributed by atoms with E-state index in [0.29, 0.717) is 18.1 Å². The van der Waals surface area contributed by atoms with E-state index in [0.717, 1.165) is 0 Å². The molecule has 1 aromatic heterocycles. The van der Waals surface area contributed by atoms with Crippen molar-refractivity contribution in [2.24, 2.45) is 0 Å². The highest BCUT2D eigenvalue weighted by molar-refractivity contribution is 5.96. The molecule has 1 aromatic carbocycles. The molecule has 0 radical (unpaired) electrons. The molecule has 0 aliphatic heterocycles. The van der Waals surface area contributed by atoms with Crippen molar-refractivity contribution in [2.45, 2.75) is 6.92 Å². The summed E-state index contributed by atoms with van der Waals surface area (Å²) in [5, 5.41) is 0. The summed E-state index contributed by atoms with van der Waals surface area (Å²) in [6.07, 6.45) is 1.43. The molecule has 0 spiro atoms. The van der Waals surface area contributed by atoms with Gasteiger partial charge in [0.25, 0.3) is 0 Å². The Kier molecular flexibility index (Phi) is 4.61. The zero-order chi connectivity index (χ0) is 15.2. The highest BCUT2D eigenvalue weighted by Gasteiger charge is 2.15. The summed E-state index contributed by atoms with van der Waals surface area (Å²) in [6.45, 7) is 2.45. The summed E-state index contributed by atoms with van der Waals surface area (Å²) in [7, 11) is 1.29. The zero-order valence-corrected chi connectivity index (χ0v) is 11.8. The molecule has 0 atom stereocenters. The van der Waals surface area contributed by atoms with E-state index in [1.54, 1.807) is 18.2 Å². The van der Waals surface area contributed by atoms with Gasteiger partial charge < -0.3 is 19.9 Å². The van der Waals surface area contributed by atoms with Crippen LogP contribution in [0.5, 0.6) is 17.4 Å². The molecular weight excluding hydrogens is 272 g/mol. The van der Waals surface area contributed by atoms with Gasteiger partial charge in [0.15, 0.2) is 0 Å². The molecule has 0 unspecified atom stereocenters. The quantitative estimate of drug-likeness (QED) is 0.851. The predicted molar refractivity (Wildman–Crippen MR) is 77.7 cm³/mol. The Morgan fingerprint density at radius 3 is 2.76 bits per heavy atom. The van der Waals surface area contributed by atoms with E-state index in [2.05, 4.69) is 9.72 Å². The molecule has 21 heavy (non-hydrogen) atoms. The summed E-state index contributed by atoms with van der Waals surface area (Å²) < 4.78 is 15.6. The minimum Gasteiger partial charge on any atom is -0.494 e. The van der Waals surface area contributed by atoms with Crippen molar-refractivity contribution < 1.29 is 19.0 Å². The first kappa shape index (κ1) is 14.6. The predicted octanol–water partition coefficient (Wildman–Crippen LogP) is 2.64. The van der Waals surface area contributed by atoms with Crippen LogP contribution in [0.25, 0.3) is 0 Å². The molecule has 6 heteroatoms. The molecule has 1 heterocycles. The lowest BCUT2D eigenvalue weighted by molar-refractivity contribution is 0.0601. The lowest BCUT2D eigenvalue weighted by atomic mass is 10.2. The summed E-state index contributed by atoms with van der Waals surface area (Å²) in [4.78, 5) is 15.6. The van der Waals surface area contributed by atoms with Crippen molar-refractivity contribution >= 4 is 11.7 Å². The molecule has 2 aromatic rings.